The van der Waals surface area contributed by atoms with Gasteiger partial charge in [-0.25, -0.2) is 0 Å². The molecule has 0 heterocycles. The average Bonchev–Trinajstić information content (AvgIpc) is 2.56. The number of carbonyl (C=O) groups is 2. The Hall–Kier alpha value is -3.13. The molecule has 0 aliphatic carbocycles. The molecule has 0 atom stereocenters. The molecule has 0 aliphatic heterocycles. The van der Waals surface area contributed by atoms with Crippen LogP contribution in [0, 0.1) is 25.2 Å². The predicted octanol–water partition coefficient (Wildman–Crippen LogP) is 2.54. The van der Waals surface area contributed by atoms with E-state index in [1.807, 2.05) is 26.0 Å². The van der Waals surface area contributed by atoms with Gasteiger partial charge in [0, 0.05) is 11.3 Å². The van der Waals surface area contributed by atoms with Crippen LogP contribution >= 0.6 is 0 Å². The number of amides is 2. The van der Waals surface area contributed by atoms with Gasteiger partial charge in [-0.1, -0.05) is 6.07 Å². The Balaban J connectivity index is 1.89. The molecule has 0 unspecified atom stereocenters. The fourth-order valence-electron chi connectivity index (χ4n) is 1.98. The summed E-state index contributed by atoms with van der Waals surface area (Å²) in [5.74, 6) is -0.616. The molecule has 2 amide bonds. The Morgan fingerprint density at radius 3 is 2.35 bits per heavy atom. The summed E-state index contributed by atoms with van der Waals surface area (Å²) in [6, 6.07) is 13.9. The minimum absolute atomic E-state index is 0.119. The van der Waals surface area contributed by atoms with Gasteiger partial charge in [0.2, 0.25) is 5.91 Å². The summed E-state index contributed by atoms with van der Waals surface area (Å²) in [5.41, 5.74) is 3.76. The number of rotatable bonds is 4. The lowest BCUT2D eigenvalue weighted by Crippen LogP contribution is -2.32. The number of hydrogen-bond acceptors (Lipinski definition) is 3. The maximum absolute atomic E-state index is 12.0. The second-order valence-electron chi connectivity index (χ2n) is 5.22. The smallest absolute Gasteiger partial charge is 0.251 e. The van der Waals surface area contributed by atoms with Crippen molar-refractivity contribution >= 4 is 17.5 Å². The molecule has 23 heavy (non-hydrogen) atoms. The molecule has 0 saturated carbocycles. The number of carbonyl (C=O) groups excluding carboxylic acids is 2. The van der Waals surface area contributed by atoms with Crippen LogP contribution < -0.4 is 10.6 Å². The lowest BCUT2D eigenvalue weighted by atomic mass is 10.1. The zero-order valence-corrected chi connectivity index (χ0v) is 13.0. The summed E-state index contributed by atoms with van der Waals surface area (Å²) in [6.07, 6.45) is 0. The van der Waals surface area contributed by atoms with Crippen LogP contribution in [0.15, 0.2) is 42.5 Å². The highest BCUT2D eigenvalue weighted by molar-refractivity contribution is 5.99. The molecule has 0 radical (unpaired) electrons. The van der Waals surface area contributed by atoms with E-state index in [4.69, 9.17) is 5.26 Å². The largest absolute Gasteiger partial charge is 0.343 e. The van der Waals surface area contributed by atoms with Crippen LogP contribution in [0.5, 0.6) is 0 Å². The van der Waals surface area contributed by atoms with Crippen molar-refractivity contribution in [2.24, 2.45) is 0 Å². The summed E-state index contributed by atoms with van der Waals surface area (Å²) in [4.78, 5) is 23.9. The van der Waals surface area contributed by atoms with Gasteiger partial charge in [0.15, 0.2) is 0 Å². The van der Waals surface area contributed by atoms with Gasteiger partial charge in [0.05, 0.1) is 18.2 Å². The maximum atomic E-state index is 12.0. The predicted molar refractivity (Wildman–Crippen MR) is 88.0 cm³/mol. The number of aryl methyl sites for hydroxylation is 2. The summed E-state index contributed by atoms with van der Waals surface area (Å²) in [5, 5.41) is 14.0. The third kappa shape index (κ3) is 4.42. The SMILES string of the molecule is Cc1ccc(C(=O)NCC(=O)Nc2ccc(C#N)cc2)cc1C. The lowest BCUT2D eigenvalue weighted by molar-refractivity contribution is -0.115. The molecule has 5 nitrogen and oxygen atoms in total. The van der Waals surface area contributed by atoms with Crippen LogP contribution in [0.2, 0.25) is 0 Å². The van der Waals surface area contributed by atoms with Crippen molar-refractivity contribution < 1.29 is 9.59 Å². The molecule has 2 aromatic carbocycles. The Bertz CT molecular complexity index is 774. The number of nitrogens with zero attached hydrogens (tertiary/aromatic N) is 1. The van der Waals surface area contributed by atoms with Gasteiger partial charge in [-0.05, 0) is 61.4 Å². The Labute approximate surface area is 134 Å². The zero-order valence-electron chi connectivity index (χ0n) is 13.0. The van der Waals surface area contributed by atoms with E-state index in [1.54, 1.807) is 36.4 Å². The van der Waals surface area contributed by atoms with E-state index in [-0.39, 0.29) is 18.4 Å². The molecule has 116 valence electrons. The van der Waals surface area contributed by atoms with Crippen molar-refractivity contribution in [2.45, 2.75) is 13.8 Å². The van der Waals surface area contributed by atoms with Crippen LogP contribution in [0.1, 0.15) is 27.0 Å². The van der Waals surface area contributed by atoms with Crippen LogP contribution in [-0.4, -0.2) is 18.4 Å². The Kier molecular flexibility index (Phi) is 5.11. The summed E-state index contributed by atoms with van der Waals surface area (Å²) in [6.45, 7) is 3.79. The highest BCUT2D eigenvalue weighted by atomic mass is 16.2. The minimum Gasteiger partial charge on any atom is -0.343 e. The molecule has 2 aromatic rings. The van der Waals surface area contributed by atoms with Gasteiger partial charge in [-0.15, -0.1) is 0 Å². The first kappa shape index (κ1) is 16.2. The van der Waals surface area contributed by atoms with Gasteiger partial charge in [0.1, 0.15) is 0 Å². The molecule has 0 bridgehead atoms. The molecule has 0 aromatic heterocycles. The monoisotopic (exact) mass is 307 g/mol. The standard InChI is InChI=1S/C18H17N3O2/c1-12-3-6-15(9-13(12)2)18(23)20-11-17(22)21-16-7-4-14(10-19)5-8-16/h3-9H,11H2,1-2H3,(H,20,23)(H,21,22). The summed E-state index contributed by atoms with van der Waals surface area (Å²) in [7, 11) is 0. The van der Waals surface area contributed by atoms with E-state index in [0.29, 0.717) is 16.8 Å². The third-order valence-electron chi connectivity index (χ3n) is 3.48. The van der Waals surface area contributed by atoms with E-state index in [9.17, 15) is 9.59 Å². The van der Waals surface area contributed by atoms with Gasteiger partial charge < -0.3 is 10.6 Å². The zero-order chi connectivity index (χ0) is 16.8. The highest BCUT2D eigenvalue weighted by Gasteiger charge is 2.09. The van der Waals surface area contributed by atoms with Crippen molar-refractivity contribution in [3.63, 3.8) is 0 Å². The van der Waals surface area contributed by atoms with Crippen LogP contribution in [-0.2, 0) is 4.79 Å². The first-order chi connectivity index (χ1) is 11.0. The second-order valence-corrected chi connectivity index (χ2v) is 5.22. The van der Waals surface area contributed by atoms with E-state index in [2.05, 4.69) is 10.6 Å². The van der Waals surface area contributed by atoms with Crippen molar-refractivity contribution in [1.82, 2.24) is 5.32 Å². The molecule has 0 fully saturated rings. The fraction of sp³-hybridized carbons (Fsp3) is 0.167. The second kappa shape index (κ2) is 7.23. The number of benzene rings is 2. The topological polar surface area (TPSA) is 82.0 Å². The van der Waals surface area contributed by atoms with Gasteiger partial charge >= 0.3 is 0 Å². The van der Waals surface area contributed by atoms with Crippen molar-refractivity contribution in [2.75, 3.05) is 11.9 Å². The van der Waals surface area contributed by atoms with E-state index in [0.717, 1.165) is 11.1 Å². The van der Waals surface area contributed by atoms with Crippen LogP contribution in [0.4, 0.5) is 5.69 Å². The normalized spacial score (nSPS) is 9.78. The molecular formula is C18H17N3O2. The molecule has 0 aliphatic rings. The summed E-state index contributed by atoms with van der Waals surface area (Å²) >= 11 is 0. The maximum Gasteiger partial charge on any atom is 0.251 e. The number of hydrogen-bond donors (Lipinski definition) is 2. The minimum atomic E-state index is -0.327. The average molecular weight is 307 g/mol. The number of anilines is 1. The van der Waals surface area contributed by atoms with E-state index < -0.39 is 0 Å². The van der Waals surface area contributed by atoms with Crippen LogP contribution in [0.25, 0.3) is 0 Å². The van der Waals surface area contributed by atoms with Crippen molar-refractivity contribution in [3.8, 4) is 6.07 Å². The highest BCUT2D eigenvalue weighted by Crippen LogP contribution is 2.10. The number of nitrogens with one attached hydrogen (secondary N) is 2. The third-order valence-corrected chi connectivity index (χ3v) is 3.48. The summed E-state index contributed by atoms with van der Waals surface area (Å²) < 4.78 is 0. The molecule has 2 N–H and O–H groups in total. The van der Waals surface area contributed by atoms with Crippen LogP contribution in [0.3, 0.4) is 0 Å². The van der Waals surface area contributed by atoms with Crippen molar-refractivity contribution in [3.05, 3.63) is 64.7 Å². The molecule has 5 heteroatoms. The lowest BCUT2D eigenvalue weighted by Gasteiger charge is -2.08. The van der Waals surface area contributed by atoms with Gasteiger partial charge in [-0.2, -0.15) is 5.26 Å². The fourth-order valence-corrected chi connectivity index (χ4v) is 1.98. The van der Waals surface area contributed by atoms with Gasteiger partial charge in [-0.3, -0.25) is 9.59 Å². The Morgan fingerprint density at radius 1 is 1.04 bits per heavy atom. The molecule has 2 rings (SSSR count). The molecule has 0 spiro atoms. The Morgan fingerprint density at radius 2 is 1.74 bits per heavy atom. The van der Waals surface area contributed by atoms with E-state index in [1.165, 1.54) is 0 Å². The van der Waals surface area contributed by atoms with Crippen molar-refractivity contribution in [1.29, 1.82) is 5.26 Å². The first-order valence-electron chi connectivity index (χ1n) is 7.15. The van der Waals surface area contributed by atoms with Gasteiger partial charge in [0.25, 0.3) is 5.91 Å². The molecular weight excluding hydrogens is 290 g/mol. The number of nitriles is 1. The first-order valence-corrected chi connectivity index (χ1v) is 7.15. The molecule has 0 saturated heterocycles. The quantitative estimate of drug-likeness (QED) is 0.910. The van der Waals surface area contributed by atoms with E-state index >= 15 is 0 Å².